The van der Waals surface area contributed by atoms with Crippen LogP contribution in [0.4, 0.5) is 4.39 Å². The molecule has 0 unspecified atom stereocenters. The number of ketones is 1. The minimum atomic E-state index is -0.454. The van der Waals surface area contributed by atoms with Gasteiger partial charge >= 0.3 is 0 Å². The molecule has 0 aliphatic rings. The van der Waals surface area contributed by atoms with E-state index in [1.165, 1.54) is 12.1 Å². The highest BCUT2D eigenvalue weighted by Gasteiger charge is 2.15. The van der Waals surface area contributed by atoms with Crippen molar-refractivity contribution in [2.24, 2.45) is 0 Å². The molecule has 2 rings (SSSR count). The number of benzene rings is 1. The lowest BCUT2D eigenvalue weighted by Crippen LogP contribution is -1.99. The van der Waals surface area contributed by atoms with E-state index < -0.39 is 5.82 Å². The number of hydrogen-bond acceptors (Lipinski definition) is 2. The average molecular weight is 398 g/mol. The third-order valence-electron chi connectivity index (χ3n) is 1.99. The molecule has 0 fully saturated rings. The average Bonchev–Trinajstić information content (AvgIpc) is 2.57. The van der Waals surface area contributed by atoms with Gasteiger partial charge in [-0.1, -0.05) is 27.5 Å². The first-order valence-electron chi connectivity index (χ1n) is 4.43. The summed E-state index contributed by atoms with van der Waals surface area (Å²) in [6.45, 7) is 0. The molecular formula is C11H4Br2ClFOS. The van der Waals surface area contributed by atoms with Crippen LogP contribution < -0.4 is 0 Å². The van der Waals surface area contributed by atoms with Gasteiger partial charge in [0.15, 0.2) is 0 Å². The first-order chi connectivity index (χ1) is 7.97. The Kier molecular flexibility index (Phi) is 4.02. The highest BCUT2D eigenvalue weighted by molar-refractivity contribution is 9.10. The Morgan fingerprint density at radius 2 is 1.94 bits per heavy atom. The van der Waals surface area contributed by atoms with Gasteiger partial charge in [-0.3, -0.25) is 4.79 Å². The molecule has 1 nitrogen and oxygen atoms in total. The number of rotatable bonds is 2. The number of carbonyl (C=O) groups is 1. The first kappa shape index (κ1) is 13.2. The van der Waals surface area contributed by atoms with Gasteiger partial charge in [0.1, 0.15) is 10.2 Å². The first-order valence-corrected chi connectivity index (χ1v) is 7.21. The standard InChI is InChI=1S/C11H4Br2ClFOS/c12-6-1-5(2-7(15)3-6)10(16)9-4-8(13)11(14)17-9/h1-4H. The fraction of sp³-hybridized carbons (Fsp3) is 0. The maximum atomic E-state index is 13.2. The van der Waals surface area contributed by atoms with Crippen molar-refractivity contribution in [3.05, 3.63) is 53.8 Å². The summed E-state index contributed by atoms with van der Waals surface area (Å²) >= 11 is 13.4. The van der Waals surface area contributed by atoms with E-state index in [0.29, 0.717) is 23.7 Å². The molecule has 0 atom stereocenters. The van der Waals surface area contributed by atoms with Crippen molar-refractivity contribution < 1.29 is 9.18 Å². The van der Waals surface area contributed by atoms with E-state index in [1.807, 2.05) is 0 Å². The molecule has 0 amide bonds. The maximum Gasteiger partial charge on any atom is 0.203 e. The van der Waals surface area contributed by atoms with E-state index in [1.54, 1.807) is 12.1 Å². The van der Waals surface area contributed by atoms with Crippen molar-refractivity contribution in [3.8, 4) is 0 Å². The monoisotopic (exact) mass is 396 g/mol. The van der Waals surface area contributed by atoms with Crippen molar-refractivity contribution >= 4 is 60.6 Å². The van der Waals surface area contributed by atoms with Crippen molar-refractivity contribution in [3.63, 3.8) is 0 Å². The summed E-state index contributed by atoms with van der Waals surface area (Å²) in [4.78, 5) is 12.5. The number of thiophene rings is 1. The molecule has 1 aromatic heterocycles. The van der Waals surface area contributed by atoms with Crippen LogP contribution in [-0.4, -0.2) is 5.78 Å². The molecule has 1 aromatic carbocycles. The summed E-state index contributed by atoms with van der Waals surface area (Å²) in [5, 5.41) is 0. The van der Waals surface area contributed by atoms with Crippen LogP contribution in [0.3, 0.4) is 0 Å². The molecule has 88 valence electrons. The second-order valence-corrected chi connectivity index (χ2v) is 6.64. The molecule has 0 saturated carbocycles. The molecule has 1 heterocycles. The zero-order valence-electron chi connectivity index (χ0n) is 8.14. The highest BCUT2D eigenvalue weighted by atomic mass is 79.9. The second-order valence-electron chi connectivity index (χ2n) is 3.22. The van der Waals surface area contributed by atoms with E-state index in [-0.39, 0.29) is 5.78 Å². The summed E-state index contributed by atoms with van der Waals surface area (Å²) in [5.41, 5.74) is 0.294. The molecule has 0 bridgehead atoms. The van der Waals surface area contributed by atoms with Gasteiger partial charge in [0.2, 0.25) is 5.78 Å². The molecule has 0 aliphatic carbocycles. The summed E-state index contributed by atoms with van der Waals surface area (Å²) in [6, 6.07) is 5.71. The molecule has 2 aromatic rings. The summed E-state index contributed by atoms with van der Waals surface area (Å²) in [6.07, 6.45) is 0. The molecule has 0 saturated heterocycles. The summed E-state index contributed by atoms with van der Waals surface area (Å²) in [7, 11) is 0. The lowest BCUT2D eigenvalue weighted by molar-refractivity contribution is 0.104. The van der Waals surface area contributed by atoms with Crippen molar-refractivity contribution in [1.82, 2.24) is 0 Å². The van der Waals surface area contributed by atoms with Crippen molar-refractivity contribution in [2.75, 3.05) is 0 Å². The molecule has 6 heteroatoms. The van der Waals surface area contributed by atoms with E-state index >= 15 is 0 Å². The minimum Gasteiger partial charge on any atom is -0.288 e. The topological polar surface area (TPSA) is 17.1 Å². The number of halogens is 4. The fourth-order valence-corrected chi connectivity index (χ4v) is 3.41. The Balaban J connectivity index is 2.43. The molecular weight excluding hydrogens is 394 g/mol. The smallest absolute Gasteiger partial charge is 0.203 e. The molecule has 0 N–H and O–H groups in total. The van der Waals surface area contributed by atoms with Crippen LogP contribution in [-0.2, 0) is 0 Å². The fourth-order valence-electron chi connectivity index (χ4n) is 1.29. The third-order valence-corrected chi connectivity index (χ3v) is 4.93. The van der Waals surface area contributed by atoms with E-state index in [0.717, 1.165) is 11.3 Å². The minimum absolute atomic E-state index is 0.247. The molecule has 0 aliphatic heterocycles. The third kappa shape index (κ3) is 2.96. The van der Waals surface area contributed by atoms with Crippen LogP contribution in [0.1, 0.15) is 15.2 Å². The predicted octanol–water partition coefficient (Wildman–Crippen LogP) is 5.30. The Bertz CT molecular complexity index is 557. The lowest BCUT2D eigenvalue weighted by Gasteiger charge is -1.99. The molecule has 0 radical (unpaired) electrons. The van der Waals surface area contributed by atoms with Crippen molar-refractivity contribution in [1.29, 1.82) is 0 Å². The van der Waals surface area contributed by atoms with Crippen LogP contribution in [0.5, 0.6) is 0 Å². The summed E-state index contributed by atoms with van der Waals surface area (Å²) in [5.74, 6) is -0.702. The zero-order valence-corrected chi connectivity index (χ0v) is 12.9. The van der Waals surface area contributed by atoms with Gasteiger partial charge in [0.05, 0.1) is 4.88 Å². The van der Waals surface area contributed by atoms with Gasteiger partial charge in [0, 0.05) is 14.5 Å². The lowest BCUT2D eigenvalue weighted by atomic mass is 10.1. The normalized spacial score (nSPS) is 10.6. The SMILES string of the molecule is O=C(c1cc(F)cc(Br)c1)c1cc(Br)c(Cl)s1. The number of hydrogen-bond donors (Lipinski definition) is 0. The van der Waals surface area contributed by atoms with Crippen LogP contribution >= 0.6 is 54.8 Å². The maximum absolute atomic E-state index is 13.2. The summed E-state index contributed by atoms with van der Waals surface area (Å²) < 4.78 is 14.9. The quantitative estimate of drug-likeness (QED) is 0.628. The molecule has 17 heavy (non-hydrogen) atoms. The van der Waals surface area contributed by atoms with Gasteiger partial charge in [-0.25, -0.2) is 4.39 Å². The van der Waals surface area contributed by atoms with Crippen LogP contribution in [0, 0.1) is 5.82 Å². The van der Waals surface area contributed by atoms with Gasteiger partial charge < -0.3 is 0 Å². The van der Waals surface area contributed by atoms with E-state index in [9.17, 15) is 9.18 Å². The van der Waals surface area contributed by atoms with Gasteiger partial charge in [-0.05, 0) is 40.2 Å². The largest absolute Gasteiger partial charge is 0.288 e. The van der Waals surface area contributed by atoms with Gasteiger partial charge in [0.25, 0.3) is 0 Å². The van der Waals surface area contributed by atoms with Crippen LogP contribution in [0.25, 0.3) is 0 Å². The highest BCUT2D eigenvalue weighted by Crippen LogP contribution is 2.33. The zero-order chi connectivity index (χ0) is 12.6. The Hall–Kier alpha value is -0.230. The number of carbonyl (C=O) groups excluding carboxylic acids is 1. The molecule has 0 spiro atoms. The second kappa shape index (κ2) is 5.18. The van der Waals surface area contributed by atoms with Crippen LogP contribution in [0.2, 0.25) is 4.34 Å². The Morgan fingerprint density at radius 3 is 2.47 bits per heavy atom. The van der Waals surface area contributed by atoms with E-state index in [2.05, 4.69) is 31.9 Å². The predicted molar refractivity (Wildman–Crippen MR) is 74.6 cm³/mol. The van der Waals surface area contributed by atoms with Gasteiger partial charge in [-0.15, -0.1) is 11.3 Å². The van der Waals surface area contributed by atoms with E-state index in [4.69, 9.17) is 11.6 Å². The van der Waals surface area contributed by atoms with Gasteiger partial charge in [-0.2, -0.15) is 0 Å². The Labute approximate surface area is 123 Å². The van der Waals surface area contributed by atoms with Crippen LogP contribution in [0.15, 0.2) is 33.2 Å². The Morgan fingerprint density at radius 1 is 1.24 bits per heavy atom. The van der Waals surface area contributed by atoms with Crippen molar-refractivity contribution in [2.45, 2.75) is 0 Å².